The Bertz CT molecular complexity index is 377. The molecule has 0 aromatic heterocycles. The normalized spacial score (nSPS) is 52.6. The molecule has 1 aliphatic heterocycles. The van der Waals surface area contributed by atoms with Gasteiger partial charge < -0.3 is 5.11 Å². The van der Waals surface area contributed by atoms with Gasteiger partial charge in [-0.2, -0.15) is 0 Å². The fourth-order valence-corrected chi connectivity index (χ4v) is 5.60. The molecule has 2 bridgehead atoms. The lowest BCUT2D eigenvalue weighted by molar-refractivity contribution is -0.0995. The molecule has 3 aliphatic carbocycles. The van der Waals surface area contributed by atoms with Crippen LogP contribution in [0.1, 0.15) is 57.8 Å². The Hall–Kier alpha value is -0.370. The van der Waals surface area contributed by atoms with E-state index in [2.05, 4.69) is 0 Å². The highest BCUT2D eigenvalue weighted by molar-refractivity contribution is 5.92. The number of hydrogen-bond donors (Lipinski definition) is 1. The van der Waals surface area contributed by atoms with Crippen LogP contribution in [-0.4, -0.2) is 23.0 Å². The molecule has 0 radical (unpaired) electrons. The molecule has 4 rings (SSSR count). The summed E-state index contributed by atoms with van der Waals surface area (Å²) < 4.78 is 0. The summed E-state index contributed by atoms with van der Waals surface area (Å²) in [5, 5.41) is 11.1. The van der Waals surface area contributed by atoms with Crippen molar-refractivity contribution in [2.24, 2.45) is 22.2 Å². The summed E-state index contributed by atoms with van der Waals surface area (Å²) in [4.78, 5) is 4.87. The van der Waals surface area contributed by atoms with Crippen LogP contribution < -0.4 is 0 Å². The van der Waals surface area contributed by atoms with Gasteiger partial charge in [-0.3, -0.25) is 4.99 Å². The Morgan fingerprint density at radius 3 is 2.76 bits per heavy atom. The molecule has 0 aromatic carbocycles. The first-order valence-electron chi connectivity index (χ1n) is 7.50. The topological polar surface area (TPSA) is 32.6 Å². The van der Waals surface area contributed by atoms with Gasteiger partial charge in [0.2, 0.25) is 0 Å². The minimum absolute atomic E-state index is 0.377. The smallest absolute Gasteiger partial charge is 0.0733 e. The number of rotatable bonds is 0. The van der Waals surface area contributed by atoms with E-state index in [4.69, 9.17) is 4.99 Å². The van der Waals surface area contributed by atoms with Gasteiger partial charge in [0.1, 0.15) is 0 Å². The lowest BCUT2D eigenvalue weighted by Crippen LogP contribution is -2.59. The second-order valence-corrected chi connectivity index (χ2v) is 6.94. The predicted molar refractivity (Wildman–Crippen MR) is 68.2 cm³/mol. The number of hydrogen-bond acceptors (Lipinski definition) is 2. The van der Waals surface area contributed by atoms with Crippen LogP contribution in [0.5, 0.6) is 0 Å². The number of aliphatic hydroxyl groups is 1. The van der Waals surface area contributed by atoms with Crippen LogP contribution in [0.25, 0.3) is 0 Å². The molecule has 0 aromatic rings. The predicted octanol–water partition coefficient (Wildman–Crippen LogP) is 2.94. The van der Waals surface area contributed by atoms with E-state index in [0.29, 0.717) is 11.3 Å². The van der Waals surface area contributed by atoms with E-state index in [-0.39, 0.29) is 5.60 Å². The minimum atomic E-state index is -0.377. The van der Waals surface area contributed by atoms with Crippen molar-refractivity contribution in [3.05, 3.63) is 0 Å². The molecule has 4 aliphatic rings. The van der Waals surface area contributed by atoms with Gasteiger partial charge in [-0.1, -0.05) is 6.42 Å². The van der Waals surface area contributed by atoms with E-state index in [9.17, 15) is 5.11 Å². The second-order valence-electron chi connectivity index (χ2n) is 6.94. The molecule has 0 unspecified atom stereocenters. The van der Waals surface area contributed by atoms with E-state index in [0.717, 1.165) is 25.3 Å². The first kappa shape index (κ1) is 10.5. The molecule has 1 spiro atoms. The molecule has 2 nitrogen and oxygen atoms in total. The molecule has 4 atom stereocenters. The van der Waals surface area contributed by atoms with Crippen molar-refractivity contribution < 1.29 is 5.11 Å². The van der Waals surface area contributed by atoms with E-state index >= 15 is 0 Å². The summed E-state index contributed by atoms with van der Waals surface area (Å²) in [6, 6.07) is 0. The fraction of sp³-hybridized carbons (Fsp3) is 0.933. The lowest BCUT2D eigenvalue weighted by Gasteiger charge is -2.57. The van der Waals surface area contributed by atoms with Crippen molar-refractivity contribution in [2.45, 2.75) is 63.4 Å². The molecular weight excluding hydrogens is 210 g/mol. The zero-order valence-corrected chi connectivity index (χ0v) is 10.6. The first-order valence-corrected chi connectivity index (χ1v) is 7.50. The van der Waals surface area contributed by atoms with Crippen molar-refractivity contribution in [1.82, 2.24) is 0 Å². The Kier molecular flexibility index (Phi) is 2.07. The maximum Gasteiger partial charge on any atom is 0.0733 e. The molecule has 1 N–H and O–H groups in total. The Balaban J connectivity index is 1.83. The average Bonchev–Trinajstić information content (AvgIpc) is 2.72. The summed E-state index contributed by atoms with van der Waals surface area (Å²) in [6.45, 7) is 1.02. The van der Waals surface area contributed by atoms with Crippen LogP contribution in [0.4, 0.5) is 0 Å². The van der Waals surface area contributed by atoms with Crippen molar-refractivity contribution in [3.8, 4) is 0 Å². The standard InChI is InChI=1S/C15H23NO/c17-15-8-3-7-14(10-15)6-1-4-11(14)13-12(15)5-2-9-16-13/h11-12,17H,1-10H2/t11-,12-,14-,15-/m0/s1. The van der Waals surface area contributed by atoms with Gasteiger partial charge in [-0.05, 0) is 56.8 Å². The molecule has 17 heavy (non-hydrogen) atoms. The summed E-state index contributed by atoms with van der Waals surface area (Å²) in [7, 11) is 0. The SMILES string of the molecule is O[C@]12CCC[C@@]3(CCC[C@H]3C3=NCCC[C@@H]31)C2. The van der Waals surface area contributed by atoms with Crippen molar-refractivity contribution >= 4 is 5.71 Å². The monoisotopic (exact) mass is 233 g/mol. The Morgan fingerprint density at radius 2 is 1.82 bits per heavy atom. The molecule has 2 heteroatoms. The average molecular weight is 233 g/mol. The zero-order valence-electron chi connectivity index (χ0n) is 10.6. The van der Waals surface area contributed by atoms with E-state index in [1.54, 1.807) is 0 Å². The van der Waals surface area contributed by atoms with Gasteiger partial charge in [-0.15, -0.1) is 0 Å². The molecule has 3 fully saturated rings. The molecule has 94 valence electrons. The molecule has 0 amide bonds. The van der Waals surface area contributed by atoms with Gasteiger partial charge in [0.05, 0.1) is 5.60 Å². The van der Waals surface area contributed by atoms with Crippen molar-refractivity contribution in [3.63, 3.8) is 0 Å². The summed E-state index contributed by atoms with van der Waals surface area (Å²) in [5.41, 5.74) is 1.53. The second kappa shape index (κ2) is 3.34. The van der Waals surface area contributed by atoms with Crippen molar-refractivity contribution in [2.75, 3.05) is 6.54 Å². The van der Waals surface area contributed by atoms with E-state index in [1.165, 1.54) is 50.7 Å². The number of nitrogens with zero attached hydrogens (tertiary/aromatic N) is 1. The van der Waals surface area contributed by atoms with Gasteiger partial charge in [-0.25, -0.2) is 0 Å². The summed E-state index contributed by atoms with van der Waals surface area (Å²) >= 11 is 0. The fourth-order valence-electron chi connectivity index (χ4n) is 5.60. The van der Waals surface area contributed by atoms with Crippen LogP contribution in [0, 0.1) is 17.3 Å². The van der Waals surface area contributed by atoms with Gasteiger partial charge in [0.15, 0.2) is 0 Å². The first-order chi connectivity index (χ1) is 8.24. The maximum absolute atomic E-state index is 11.1. The Labute approximate surface area is 104 Å². The highest BCUT2D eigenvalue weighted by Crippen LogP contribution is 2.62. The van der Waals surface area contributed by atoms with Crippen molar-refractivity contribution in [1.29, 1.82) is 0 Å². The van der Waals surface area contributed by atoms with Gasteiger partial charge >= 0.3 is 0 Å². The van der Waals surface area contributed by atoms with Crippen LogP contribution in [-0.2, 0) is 0 Å². The molecule has 1 heterocycles. The van der Waals surface area contributed by atoms with Gasteiger partial charge in [0.25, 0.3) is 0 Å². The van der Waals surface area contributed by atoms with Crippen LogP contribution in [0.15, 0.2) is 4.99 Å². The maximum atomic E-state index is 11.1. The zero-order chi connectivity index (χ0) is 11.5. The highest BCUT2D eigenvalue weighted by atomic mass is 16.3. The third-order valence-electron chi connectivity index (χ3n) is 6.16. The molecule has 3 saturated carbocycles. The third-order valence-corrected chi connectivity index (χ3v) is 6.16. The quantitative estimate of drug-likeness (QED) is 0.685. The highest BCUT2D eigenvalue weighted by Gasteiger charge is 2.60. The van der Waals surface area contributed by atoms with Crippen LogP contribution in [0.3, 0.4) is 0 Å². The lowest BCUT2D eigenvalue weighted by atomic mass is 9.51. The third kappa shape index (κ3) is 1.28. The Morgan fingerprint density at radius 1 is 1.00 bits per heavy atom. The van der Waals surface area contributed by atoms with Crippen LogP contribution >= 0.6 is 0 Å². The number of aliphatic imine (C=N–C) groups is 1. The largest absolute Gasteiger partial charge is 0.389 e. The number of fused-ring (bicyclic) bond motifs is 4. The molecule has 0 saturated heterocycles. The van der Waals surface area contributed by atoms with Crippen LogP contribution in [0.2, 0.25) is 0 Å². The summed E-state index contributed by atoms with van der Waals surface area (Å²) in [5.74, 6) is 1.17. The van der Waals surface area contributed by atoms with E-state index in [1.807, 2.05) is 0 Å². The van der Waals surface area contributed by atoms with E-state index < -0.39 is 0 Å². The summed E-state index contributed by atoms with van der Waals surface area (Å²) in [6.07, 6.45) is 11.2. The van der Waals surface area contributed by atoms with Gasteiger partial charge in [0, 0.05) is 24.1 Å². The molecular formula is C15H23NO. The minimum Gasteiger partial charge on any atom is -0.389 e.